The van der Waals surface area contributed by atoms with E-state index in [9.17, 15) is 4.39 Å². The molecule has 0 radical (unpaired) electrons. The van der Waals surface area contributed by atoms with E-state index in [0.29, 0.717) is 6.04 Å². The summed E-state index contributed by atoms with van der Waals surface area (Å²) in [7, 11) is 0. The molecule has 124 valence electrons. The van der Waals surface area contributed by atoms with Gasteiger partial charge in [0.25, 0.3) is 0 Å². The van der Waals surface area contributed by atoms with Crippen molar-refractivity contribution in [1.29, 1.82) is 0 Å². The summed E-state index contributed by atoms with van der Waals surface area (Å²) in [4.78, 5) is 2.41. The molecule has 0 unspecified atom stereocenters. The van der Waals surface area contributed by atoms with Crippen LogP contribution in [-0.4, -0.2) is 38.6 Å². The van der Waals surface area contributed by atoms with Gasteiger partial charge < -0.3 is 5.32 Å². The first-order valence-electron chi connectivity index (χ1n) is 8.31. The van der Waals surface area contributed by atoms with E-state index in [1.54, 1.807) is 0 Å². The van der Waals surface area contributed by atoms with Gasteiger partial charge in [-0.2, -0.15) is 0 Å². The molecule has 2 aromatic heterocycles. The van der Waals surface area contributed by atoms with E-state index in [2.05, 4.69) is 20.4 Å². The molecule has 3 heterocycles. The van der Waals surface area contributed by atoms with E-state index >= 15 is 0 Å². The van der Waals surface area contributed by atoms with Crippen molar-refractivity contribution in [3.05, 3.63) is 60.0 Å². The number of nitrogens with one attached hydrogen (secondary N) is 1. The van der Waals surface area contributed by atoms with Crippen molar-refractivity contribution >= 4 is 11.6 Å². The van der Waals surface area contributed by atoms with Crippen molar-refractivity contribution in [2.45, 2.75) is 25.4 Å². The van der Waals surface area contributed by atoms with Crippen LogP contribution in [-0.2, 0) is 6.54 Å². The lowest BCUT2D eigenvalue weighted by Crippen LogP contribution is -2.39. The predicted octanol–water partition coefficient (Wildman–Crippen LogP) is 2.94. The Balaban J connectivity index is 1.33. The van der Waals surface area contributed by atoms with Crippen LogP contribution in [0.5, 0.6) is 0 Å². The van der Waals surface area contributed by atoms with Gasteiger partial charge in [-0.15, -0.1) is 10.2 Å². The van der Waals surface area contributed by atoms with E-state index in [1.807, 2.05) is 40.9 Å². The van der Waals surface area contributed by atoms with Crippen molar-refractivity contribution in [3.63, 3.8) is 0 Å². The second-order valence-electron chi connectivity index (χ2n) is 6.27. The highest BCUT2D eigenvalue weighted by atomic mass is 19.1. The SMILES string of the molecule is Fc1ccc(CN2CCC(Nc3nnc4ccccn34)CC2)cc1. The minimum absolute atomic E-state index is 0.179. The van der Waals surface area contributed by atoms with Gasteiger partial charge in [-0.3, -0.25) is 9.30 Å². The van der Waals surface area contributed by atoms with Crippen LogP contribution in [0.1, 0.15) is 18.4 Å². The van der Waals surface area contributed by atoms with Gasteiger partial charge in [-0.05, 0) is 42.7 Å². The minimum Gasteiger partial charge on any atom is -0.351 e. The molecule has 1 fully saturated rings. The number of hydrogen-bond donors (Lipinski definition) is 1. The third kappa shape index (κ3) is 3.23. The lowest BCUT2D eigenvalue weighted by Gasteiger charge is -2.32. The van der Waals surface area contributed by atoms with Gasteiger partial charge in [-0.1, -0.05) is 18.2 Å². The van der Waals surface area contributed by atoms with Crippen molar-refractivity contribution in [1.82, 2.24) is 19.5 Å². The summed E-state index contributed by atoms with van der Waals surface area (Å²) >= 11 is 0. The molecule has 24 heavy (non-hydrogen) atoms. The highest BCUT2D eigenvalue weighted by molar-refractivity contribution is 5.45. The van der Waals surface area contributed by atoms with Crippen LogP contribution in [0.25, 0.3) is 5.65 Å². The molecule has 0 amide bonds. The second kappa shape index (κ2) is 6.57. The number of aromatic nitrogens is 3. The van der Waals surface area contributed by atoms with Crippen molar-refractivity contribution in [2.24, 2.45) is 0 Å². The number of fused-ring (bicyclic) bond motifs is 1. The molecule has 3 aromatic rings. The lowest BCUT2D eigenvalue weighted by atomic mass is 10.0. The van der Waals surface area contributed by atoms with Crippen molar-refractivity contribution in [3.8, 4) is 0 Å². The smallest absolute Gasteiger partial charge is 0.229 e. The van der Waals surface area contributed by atoms with Crippen LogP contribution in [0.4, 0.5) is 10.3 Å². The minimum atomic E-state index is -0.179. The first-order valence-corrected chi connectivity index (χ1v) is 8.31. The van der Waals surface area contributed by atoms with Gasteiger partial charge >= 0.3 is 0 Å². The first kappa shape index (κ1) is 15.1. The summed E-state index contributed by atoms with van der Waals surface area (Å²) < 4.78 is 15.0. The molecule has 1 N–H and O–H groups in total. The molecule has 1 aliphatic rings. The Hall–Kier alpha value is -2.47. The number of nitrogens with zero attached hydrogens (tertiary/aromatic N) is 4. The first-order chi connectivity index (χ1) is 11.8. The van der Waals surface area contributed by atoms with Gasteiger partial charge in [0, 0.05) is 31.9 Å². The summed E-state index contributed by atoms with van der Waals surface area (Å²) in [5.41, 5.74) is 2.01. The zero-order valence-electron chi connectivity index (χ0n) is 13.4. The third-order valence-electron chi connectivity index (χ3n) is 4.55. The van der Waals surface area contributed by atoms with Crippen LogP contribution in [0.15, 0.2) is 48.7 Å². The van der Waals surface area contributed by atoms with Crippen molar-refractivity contribution < 1.29 is 4.39 Å². The molecule has 6 heteroatoms. The average molecular weight is 325 g/mol. The molecule has 0 spiro atoms. The normalized spacial score (nSPS) is 16.5. The summed E-state index contributed by atoms with van der Waals surface area (Å²) in [6.07, 6.45) is 4.09. The standard InChI is InChI=1S/C18H20FN5/c19-15-6-4-14(5-7-15)13-23-11-8-16(9-12-23)20-18-22-21-17-3-1-2-10-24(17)18/h1-7,10,16H,8-9,11-13H2,(H,20,22). The Kier molecular flexibility index (Phi) is 4.13. The van der Waals surface area contributed by atoms with E-state index in [0.717, 1.165) is 49.6 Å². The van der Waals surface area contributed by atoms with Gasteiger partial charge in [0.2, 0.25) is 5.95 Å². The number of benzene rings is 1. The molecule has 1 aliphatic heterocycles. The van der Waals surface area contributed by atoms with Gasteiger partial charge in [0.15, 0.2) is 5.65 Å². The summed E-state index contributed by atoms with van der Waals surface area (Å²) in [5, 5.41) is 11.9. The van der Waals surface area contributed by atoms with E-state index in [-0.39, 0.29) is 5.82 Å². The molecule has 0 aliphatic carbocycles. The highest BCUT2D eigenvalue weighted by Crippen LogP contribution is 2.18. The number of likely N-dealkylation sites (tertiary alicyclic amines) is 1. The number of pyridine rings is 1. The quantitative estimate of drug-likeness (QED) is 0.801. The molecule has 0 bridgehead atoms. The van der Waals surface area contributed by atoms with E-state index < -0.39 is 0 Å². The second-order valence-corrected chi connectivity index (χ2v) is 6.27. The maximum atomic E-state index is 13.0. The predicted molar refractivity (Wildman–Crippen MR) is 91.3 cm³/mol. The number of hydrogen-bond acceptors (Lipinski definition) is 4. The van der Waals surface area contributed by atoms with Crippen molar-refractivity contribution in [2.75, 3.05) is 18.4 Å². The Bertz CT molecular complexity index is 806. The number of halogens is 1. The Morgan fingerprint density at radius 3 is 2.62 bits per heavy atom. The van der Waals surface area contributed by atoms with Crippen LogP contribution in [0.3, 0.4) is 0 Å². The average Bonchev–Trinajstić information content (AvgIpc) is 3.02. The van der Waals surface area contributed by atoms with E-state index in [4.69, 9.17) is 0 Å². The van der Waals surface area contributed by atoms with Gasteiger partial charge in [-0.25, -0.2) is 4.39 Å². The van der Waals surface area contributed by atoms with Gasteiger partial charge in [0.05, 0.1) is 0 Å². The van der Waals surface area contributed by atoms with Crippen LogP contribution < -0.4 is 5.32 Å². The number of rotatable bonds is 4. The molecular formula is C18H20FN5. The Labute approximate surface area is 140 Å². The zero-order chi connectivity index (χ0) is 16.4. The largest absolute Gasteiger partial charge is 0.351 e. The molecule has 0 atom stereocenters. The fraction of sp³-hybridized carbons (Fsp3) is 0.333. The number of anilines is 1. The summed E-state index contributed by atoms with van der Waals surface area (Å²) in [6.45, 7) is 2.92. The topological polar surface area (TPSA) is 45.5 Å². The molecule has 1 aromatic carbocycles. The monoisotopic (exact) mass is 325 g/mol. The van der Waals surface area contributed by atoms with Crippen LogP contribution in [0.2, 0.25) is 0 Å². The molecule has 1 saturated heterocycles. The molecule has 0 saturated carbocycles. The van der Waals surface area contributed by atoms with Gasteiger partial charge in [0.1, 0.15) is 5.82 Å². The van der Waals surface area contributed by atoms with E-state index in [1.165, 1.54) is 12.1 Å². The Morgan fingerprint density at radius 1 is 1.04 bits per heavy atom. The summed E-state index contributed by atoms with van der Waals surface area (Å²) in [6, 6.07) is 13.1. The number of piperidine rings is 1. The molecular weight excluding hydrogens is 305 g/mol. The maximum Gasteiger partial charge on any atom is 0.229 e. The summed E-state index contributed by atoms with van der Waals surface area (Å²) in [5.74, 6) is 0.629. The third-order valence-corrected chi connectivity index (χ3v) is 4.55. The fourth-order valence-corrected chi connectivity index (χ4v) is 3.21. The molecule has 4 rings (SSSR count). The molecule has 5 nitrogen and oxygen atoms in total. The maximum absolute atomic E-state index is 13.0. The van der Waals surface area contributed by atoms with Crippen LogP contribution >= 0.6 is 0 Å². The zero-order valence-corrected chi connectivity index (χ0v) is 13.4. The lowest BCUT2D eigenvalue weighted by molar-refractivity contribution is 0.211. The Morgan fingerprint density at radius 2 is 1.83 bits per heavy atom. The highest BCUT2D eigenvalue weighted by Gasteiger charge is 2.20. The van der Waals surface area contributed by atoms with Crippen LogP contribution in [0, 0.1) is 5.82 Å². The fourth-order valence-electron chi connectivity index (χ4n) is 3.21.